The Kier molecular flexibility index (Phi) is 19.1. The lowest BCUT2D eigenvalue weighted by molar-refractivity contribution is 0.0967. The largest absolute Gasteiger partial charge is 0.494 e. The monoisotopic (exact) mass is 404 g/mol. The number of carbonyl (C=O) groups is 1. The lowest BCUT2D eigenvalue weighted by atomic mass is 10.1. The van der Waals surface area contributed by atoms with Crippen molar-refractivity contribution >= 4 is 5.78 Å². The van der Waals surface area contributed by atoms with Crippen LogP contribution in [0, 0.1) is 5.92 Å². The fourth-order valence-corrected chi connectivity index (χ4v) is 3.05. The van der Waals surface area contributed by atoms with E-state index in [2.05, 4.69) is 20.8 Å². The van der Waals surface area contributed by atoms with Gasteiger partial charge in [0, 0.05) is 11.5 Å². The van der Waals surface area contributed by atoms with Crippen molar-refractivity contribution in [3.63, 3.8) is 0 Å². The molecular weight excluding hydrogens is 356 g/mol. The molecule has 0 amide bonds. The van der Waals surface area contributed by atoms with Gasteiger partial charge < -0.3 is 4.74 Å². The van der Waals surface area contributed by atoms with Crippen LogP contribution in [-0.2, 0) is 0 Å². The van der Waals surface area contributed by atoms with E-state index in [1.54, 1.807) is 0 Å². The third-order valence-electron chi connectivity index (χ3n) is 5.06. The highest BCUT2D eigenvalue weighted by molar-refractivity contribution is 5.99. The standard InChI is InChI=1S/C17H24O2.C8H18.C2H6/c1-2-3-4-5-6-13-19-16-11-9-15(10-12-16)17(18)14-7-8-14;1-3-5-7-8-6-4-2;1-2/h9-12,14H,2-8,13H2,1H3;3-8H2,1-2H3;1-2H3. The molecule has 0 spiro atoms. The Labute approximate surface area is 181 Å². The number of hydrogen-bond donors (Lipinski definition) is 0. The fraction of sp³-hybridized carbons (Fsp3) is 0.741. The highest BCUT2D eigenvalue weighted by Gasteiger charge is 2.30. The second-order valence-corrected chi connectivity index (χ2v) is 7.84. The summed E-state index contributed by atoms with van der Waals surface area (Å²) in [6, 6.07) is 7.63. The molecular formula is C27H48O2. The maximum absolute atomic E-state index is 11.8. The summed E-state index contributed by atoms with van der Waals surface area (Å²) in [5.41, 5.74) is 0.831. The molecule has 1 aliphatic rings. The molecule has 0 atom stereocenters. The van der Waals surface area contributed by atoms with Gasteiger partial charge in [-0.1, -0.05) is 98.8 Å². The van der Waals surface area contributed by atoms with Gasteiger partial charge in [-0.15, -0.1) is 0 Å². The quantitative estimate of drug-likeness (QED) is 0.228. The van der Waals surface area contributed by atoms with E-state index in [9.17, 15) is 4.79 Å². The van der Waals surface area contributed by atoms with Gasteiger partial charge in [-0.25, -0.2) is 0 Å². The normalized spacial score (nSPS) is 12.3. The van der Waals surface area contributed by atoms with Gasteiger partial charge in [0.05, 0.1) is 6.61 Å². The van der Waals surface area contributed by atoms with Crippen LogP contribution in [-0.4, -0.2) is 12.4 Å². The van der Waals surface area contributed by atoms with Crippen molar-refractivity contribution in [3.8, 4) is 5.75 Å². The molecule has 1 saturated carbocycles. The van der Waals surface area contributed by atoms with Crippen LogP contribution < -0.4 is 4.74 Å². The Morgan fingerprint density at radius 2 is 1.21 bits per heavy atom. The molecule has 1 aliphatic carbocycles. The predicted molar refractivity (Wildman–Crippen MR) is 128 cm³/mol. The van der Waals surface area contributed by atoms with Gasteiger partial charge >= 0.3 is 0 Å². The van der Waals surface area contributed by atoms with Gasteiger partial charge in [0.25, 0.3) is 0 Å². The fourth-order valence-electron chi connectivity index (χ4n) is 3.05. The summed E-state index contributed by atoms with van der Waals surface area (Å²) >= 11 is 0. The van der Waals surface area contributed by atoms with E-state index in [-0.39, 0.29) is 0 Å². The zero-order chi connectivity index (χ0) is 21.7. The molecule has 1 aromatic carbocycles. The first-order valence-electron chi connectivity index (χ1n) is 12.5. The number of ketones is 1. The van der Waals surface area contributed by atoms with Crippen LogP contribution in [0.15, 0.2) is 24.3 Å². The molecule has 29 heavy (non-hydrogen) atoms. The van der Waals surface area contributed by atoms with Gasteiger partial charge in [0.2, 0.25) is 0 Å². The minimum Gasteiger partial charge on any atom is -0.494 e. The molecule has 0 saturated heterocycles. The summed E-state index contributed by atoms with van der Waals surface area (Å²) in [4.78, 5) is 11.8. The van der Waals surface area contributed by atoms with Crippen LogP contribution in [0.4, 0.5) is 0 Å². The molecule has 1 fully saturated rings. The highest BCUT2D eigenvalue weighted by atomic mass is 16.5. The Hall–Kier alpha value is -1.31. The van der Waals surface area contributed by atoms with Crippen molar-refractivity contribution < 1.29 is 9.53 Å². The molecule has 168 valence electrons. The van der Waals surface area contributed by atoms with Crippen LogP contribution in [0.3, 0.4) is 0 Å². The third kappa shape index (κ3) is 15.2. The smallest absolute Gasteiger partial charge is 0.165 e. The van der Waals surface area contributed by atoms with Gasteiger partial charge in [-0.05, 0) is 43.5 Å². The lowest BCUT2D eigenvalue weighted by Gasteiger charge is -2.06. The van der Waals surface area contributed by atoms with Gasteiger partial charge in [-0.2, -0.15) is 0 Å². The Morgan fingerprint density at radius 3 is 1.62 bits per heavy atom. The highest BCUT2D eigenvalue weighted by Crippen LogP contribution is 2.32. The van der Waals surface area contributed by atoms with Crippen LogP contribution in [0.2, 0.25) is 0 Å². The Balaban J connectivity index is 0.000000664. The summed E-state index contributed by atoms with van der Waals surface area (Å²) < 4.78 is 5.69. The van der Waals surface area contributed by atoms with Crippen molar-refractivity contribution in [1.82, 2.24) is 0 Å². The molecule has 2 rings (SSSR count). The summed E-state index contributed by atoms with van der Waals surface area (Å²) in [6.45, 7) is 11.5. The zero-order valence-corrected chi connectivity index (χ0v) is 20.1. The first-order valence-corrected chi connectivity index (χ1v) is 12.5. The van der Waals surface area contributed by atoms with E-state index in [0.717, 1.165) is 37.2 Å². The van der Waals surface area contributed by atoms with Crippen molar-refractivity contribution in [2.45, 2.75) is 118 Å². The molecule has 0 unspecified atom stereocenters. The van der Waals surface area contributed by atoms with E-state index >= 15 is 0 Å². The minimum atomic E-state index is 0.297. The second kappa shape index (κ2) is 20.0. The number of hydrogen-bond acceptors (Lipinski definition) is 2. The number of benzene rings is 1. The van der Waals surface area contributed by atoms with Crippen molar-refractivity contribution in [2.24, 2.45) is 5.92 Å². The Morgan fingerprint density at radius 1 is 0.759 bits per heavy atom. The molecule has 0 bridgehead atoms. The molecule has 0 radical (unpaired) electrons. The Bertz CT molecular complexity index is 468. The van der Waals surface area contributed by atoms with Gasteiger partial charge in [0.15, 0.2) is 5.78 Å². The van der Waals surface area contributed by atoms with Crippen LogP contribution >= 0.6 is 0 Å². The number of ether oxygens (including phenoxy) is 1. The second-order valence-electron chi connectivity index (χ2n) is 7.84. The van der Waals surface area contributed by atoms with Crippen LogP contribution in [0.1, 0.15) is 128 Å². The molecule has 1 aromatic rings. The van der Waals surface area contributed by atoms with Crippen LogP contribution in [0.5, 0.6) is 5.75 Å². The zero-order valence-electron chi connectivity index (χ0n) is 20.1. The van der Waals surface area contributed by atoms with Crippen molar-refractivity contribution in [2.75, 3.05) is 6.61 Å². The number of rotatable bonds is 14. The SMILES string of the molecule is CC.CCCCCCCC.CCCCCCCOc1ccc(C(=O)C2CC2)cc1. The van der Waals surface area contributed by atoms with E-state index < -0.39 is 0 Å². The number of Topliss-reactive ketones (excluding diaryl/α,β-unsaturated/α-hetero) is 1. The lowest BCUT2D eigenvalue weighted by Crippen LogP contribution is -2.01. The average Bonchev–Trinajstić information content (AvgIpc) is 3.61. The first kappa shape index (κ1) is 27.7. The van der Waals surface area contributed by atoms with Crippen molar-refractivity contribution in [3.05, 3.63) is 29.8 Å². The first-order chi connectivity index (χ1) is 14.2. The van der Waals surface area contributed by atoms with E-state index in [4.69, 9.17) is 4.74 Å². The molecule has 0 aromatic heterocycles. The van der Waals surface area contributed by atoms with Gasteiger partial charge in [0.1, 0.15) is 5.75 Å². The predicted octanol–water partition coefficient (Wildman–Crippen LogP) is 9.02. The number of carbonyl (C=O) groups excluding carboxylic acids is 1. The summed E-state index contributed by atoms with van der Waals surface area (Å²) in [5, 5.41) is 0. The molecule has 0 heterocycles. The maximum atomic E-state index is 11.8. The van der Waals surface area contributed by atoms with Gasteiger partial charge in [-0.3, -0.25) is 4.79 Å². The molecule has 2 heteroatoms. The topological polar surface area (TPSA) is 26.3 Å². The van der Waals surface area contributed by atoms with Crippen molar-refractivity contribution in [1.29, 1.82) is 0 Å². The summed E-state index contributed by atoms with van der Waals surface area (Å²) in [7, 11) is 0. The summed E-state index contributed by atoms with van der Waals surface area (Å²) in [6.07, 6.45) is 16.9. The molecule has 0 N–H and O–H groups in total. The molecule has 0 aliphatic heterocycles. The van der Waals surface area contributed by atoms with Crippen LogP contribution in [0.25, 0.3) is 0 Å². The van der Waals surface area contributed by atoms with E-state index in [1.165, 1.54) is 64.2 Å². The summed E-state index contributed by atoms with van der Waals surface area (Å²) in [5.74, 6) is 1.47. The average molecular weight is 405 g/mol. The maximum Gasteiger partial charge on any atom is 0.165 e. The van der Waals surface area contributed by atoms with E-state index in [0.29, 0.717) is 11.7 Å². The molecule has 2 nitrogen and oxygen atoms in total. The third-order valence-corrected chi connectivity index (χ3v) is 5.06. The van der Waals surface area contributed by atoms with E-state index in [1.807, 2.05) is 38.1 Å². The minimum absolute atomic E-state index is 0.297. The number of unbranched alkanes of at least 4 members (excludes halogenated alkanes) is 9.